The maximum atomic E-state index is 15.0. The first-order valence-electron chi connectivity index (χ1n) is 11.3. The summed E-state index contributed by atoms with van der Waals surface area (Å²) in [6, 6.07) is 7.46. The third-order valence-electron chi connectivity index (χ3n) is 6.16. The van der Waals surface area contributed by atoms with Crippen molar-refractivity contribution in [1.82, 2.24) is 15.3 Å². The molecule has 0 bridgehead atoms. The van der Waals surface area contributed by atoms with E-state index in [0.29, 0.717) is 34.1 Å². The highest BCUT2D eigenvalue weighted by atomic mass is 79.9. The van der Waals surface area contributed by atoms with Crippen LogP contribution in [0.2, 0.25) is 0 Å². The largest absolute Gasteiger partial charge is 0.382 e. The quantitative estimate of drug-likeness (QED) is 0.393. The van der Waals surface area contributed by atoms with E-state index in [1.54, 1.807) is 6.07 Å². The molecule has 1 saturated carbocycles. The topological polar surface area (TPSA) is 107 Å². The van der Waals surface area contributed by atoms with Gasteiger partial charge in [0.15, 0.2) is 0 Å². The second-order valence-corrected chi connectivity index (χ2v) is 9.56. The van der Waals surface area contributed by atoms with Gasteiger partial charge in [0, 0.05) is 22.5 Å². The van der Waals surface area contributed by atoms with Crippen molar-refractivity contribution < 1.29 is 18.0 Å². The van der Waals surface area contributed by atoms with E-state index in [1.807, 2.05) is 0 Å². The van der Waals surface area contributed by atoms with Crippen molar-refractivity contribution in [3.05, 3.63) is 75.5 Å². The number of aromatic nitrogens is 2. The van der Waals surface area contributed by atoms with Crippen molar-refractivity contribution in [3.63, 3.8) is 0 Å². The molecular weight excluding hydrogens is 523 g/mol. The van der Waals surface area contributed by atoms with E-state index in [-0.39, 0.29) is 29.5 Å². The minimum atomic E-state index is -0.877. The maximum absolute atomic E-state index is 15.0. The number of nitrogen functional groups attached to an aromatic ring is 1. The predicted molar refractivity (Wildman–Crippen MR) is 131 cm³/mol. The molecule has 1 aromatic heterocycles. The zero-order chi connectivity index (χ0) is 25.1. The third kappa shape index (κ3) is 5.82. The summed E-state index contributed by atoms with van der Waals surface area (Å²) < 4.78 is 43.1. The van der Waals surface area contributed by atoms with E-state index in [4.69, 9.17) is 11.5 Å². The van der Waals surface area contributed by atoms with Gasteiger partial charge in [-0.2, -0.15) is 0 Å². The van der Waals surface area contributed by atoms with Crippen molar-refractivity contribution in [3.8, 4) is 11.3 Å². The summed E-state index contributed by atoms with van der Waals surface area (Å²) in [6.45, 7) is -0.0127. The Morgan fingerprint density at radius 1 is 1.20 bits per heavy atom. The van der Waals surface area contributed by atoms with E-state index in [9.17, 15) is 13.6 Å². The first kappa shape index (κ1) is 25.1. The molecule has 10 heteroatoms. The number of nitrogens with one attached hydrogen (secondary N) is 1. The third-order valence-corrected chi connectivity index (χ3v) is 6.62. The van der Waals surface area contributed by atoms with Gasteiger partial charge in [0.2, 0.25) is 0 Å². The van der Waals surface area contributed by atoms with Crippen LogP contribution in [0.3, 0.4) is 0 Å². The molecule has 3 aromatic rings. The van der Waals surface area contributed by atoms with Crippen LogP contribution in [0.5, 0.6) is 0 Å². The molecule has 0 radical (unpaired) electrons. The van der Waals surface area contributed by atoms with Crippen LogP contribution in [-0.4, -0.2) is 28.6 Å². The summed E-state index contributed by atoms with van der Waals surface area (Å²) >= 11 is 3.21. The first-order valence-corrected chi connectivity index (χ1v) is 12.1. The SMILES string of the molecule is NC[C@@H](NC(=O)c1ccc(-c2nc([C@@H]3CCC[C@H](F)C3)cnc2N)cc1F)c1cc(F)cc(Br)c1. The molecule has 3 atom stereocenters. The average Bonchev–Trinajstić information content (AvgIpc) is 2.82. The van der Waals surface area contributed by atoms with Crippen molar-refractivity contribution in [1.29, 1.82) is 0 Å². The molecule has 6 nitrogen and oxygen atoms in total. The van der Waals surface area contributed by atoms with E-state index >= 15 is 4.39 Å². The van der Waals surface area contributed by atoms with Gasteiger partial charge in [0.25, 0.3) is 5.91 Å². The van der Waals surface area contributed by atoms with Gasteiger partial charge < -0.3 is 16.8 Å². The monoisotopic (exact) mass is 547 g/mol. The highest BCUT2D eigenvalue weighted by molar-refractivity contribution is 9.10. The standard InChI is InChI=1S/C25H25BrF3N5O/c26-16-6-15(8-18(28)10-16)21(11-30)34-25(35)19-5-4-14(9-20(19)29)23-24(31)32-12-22(33-23)13-2-1-3-17(27)7-13/h4-6,8-10,12-13,17,21H,1-3,7,11,30H2,(H2,31,32)(H,34,35)/t13-,17+,21-/m1/s1. The number of benzene rings is 2. The fourth-order valence-electron chi connectivity index (χ4n) is 4.36. The Bertz CT molecular complexity index is 1220. The summed E-state index contributed by atoms with van der Waals surface area (Å²) in [5, 5.41) is 2.64. The molecule has 35 heavy (non-hydrogen) atoms. The molecule has 2 aromatic carbocycles. The number of amides is 1. The molecule has 0 spiro atoms. The van der Waals surface area contributed by atoms with Gasteiger partial charge in [-0.3, -0.25) is 4.79 Å². The van der Waals surface area contributed by atoms with Crippen LogP contribution in [0, 0.1) is 11.6 Å². The number of anilines is 1. The molecule has 0 unspecified atom stereocenters. The molecule has 1 amide bonds. The van der Waals surface area contributed by atoms with Crippen LogP contribution in [-0.2, 0) is 0 Å². The molecule has 1 aliphatic rings. The van der Waals surface area contributed by atoms with Gasteiger partial charge in [-0.25, -0.2) is 23.1 Å². The summed E-state index contributed by atoms with van der Waals surface area (Å²) in [5.74, 6) is -1.94. The number of nitrogens with two attached hydrogens (primary N) is 2. The Morgan fingerprint density at radius 2 is 2.00 bits per heavy atom. The Labute approximate surface area is 209 Å². The Hall–Kier alpha value is -2.98. The highest BCUT2D eigenvalue weighted by Crippen LogP contribution is 2.35. The molecule has 184 valence electrons. The molecule has 1 fully saturated rings. The molecule has 5 N–H and O–H groups in total. The number of carbonyl (C=O) groups is 1. The normalized spacial score (nSPS) is 18.8. The lowest BCUT2D eigenvalue weighted by atomic mass is 9.86. The van der Waals surface area contributed by atoms with Gasteiger partial charge in [-0.15, -0.1) is 0 Å². The lowest BCUT2D eigenvalue weighted by molar-refractivity contribution is 0.0933. The second-order valence-electron chi connectivity index (χ2n) is 8.65. The van der Waals surface area contributed by atoms with Gasteiger partial charge in [-0.05, 0) is 61.6 Å². The van der Waals surface area contributed by atoms with Crippen molar-refractivity contribution >= 4 is 27.7 Å². The summed E-state index contributed by atoms with van der Waals surface area (Å²) in [5.41, 5.74) is 13.3. The van der Waals surface area contributed by atoms with Crippen LogP contribution in [0.4, 0.5) is 19.0 Å². The summed E-state index contributed by atoms with van der Waals surface area (Å²) in [6.07, 6.45) is 3.14. The van der Waals surface area contributed by atoms with E-state index in [0.717, 1.165) is 18.9 Å². The number of hydrogen-bond acceptors (Lipinski definition) is 5. The highest BCUT2D eigenvalue weighted by Gasteiger charge is 2.25. The number of hydrogen-bond donors (Lipinski definition) is 3. The molecular formula is C25H25BrF3N5O. The average molecular weight is 548 g/mol. The van der Waals surface area contributed by atoms with Crippen LogP contribution in [0.25, 0.3) is 11.3 Å². The van der Waals surface area contributed by atoms with Crippen molar-refractivity contribution in [2.45, 2.75) is 43.8 Å². The molecule has 1 heterocycles. The zero-order valence-electron chi connectivity index (χ0n) is 18.8. The summed E-state index contributed by atoms with van der Waals surface area (Å²) in [4.78, 5) is 21.5. The van der Waals surface area contributed by atoms with E-state index < -0.39 is 29.8 Å². The van der Waals surface area contributed by atoms with E-state index in [2.05, 4.69) is 31.2 Å². The lowest BCUT2D eigenvalue weighted by Gasteiger charge is -2.24. The van der Waals surface area contributed by atoms with Crippen LogP contribution in [0.1, 0.15) is 59.3 Å². The van der Waals surface area contributed by atoms with Crippen molar-refractivity contribution in [2.24, 2.45) is 5.73 Å². The van der Waals surface area contributed by atoms with Crippen LogP contribution >= 0.6 is 15.9 Å². The smallest absolute Gasteiger partial charge is 0.254 e. The number of rotatable bonds is 6. The minimum Gasteiger partial charge on any atom is -0.382 e. The van der Waals surface area contributed by atoms with Crippen molar-refractivity contribution in [2.75, 3.05) is 12.3 Å². The Kier molecular flexibility index (Phi) is 7.71. The number of nitrogens with zero attached hydrogens (tertiary/aromatic N) is 2. The van der Waals surface area contributed by atoms with Gasteiger partial charge in [0.1, 0.15) is 29.3 Å². The van der Waals surface area contributed by atoms with Gasteiger partial charge in [-0.1, -0.05) is 22.0 Å². The van der Waals surface area contributed by atoms with E-state index in [1.165, 1.54) is 30.5 Å². The van der Waals surface area contributed by atoms with Gasteiger partial charge >= 0.3 is 0 Å². The fourth-order valence-corrected chi connectivity index (χ4v) is 4.84. The Morgan fingerprint density at radius 3 is 2.69 bits per heavy atom. The number of alkyl halides is 1. The van der Waals surface area contributed by atoms with Crippen LogP contribution in [0.15, 0.2) is 47.1 Å². The number of halogens is 4. The molecule has 0 aliphatic heterocycles. The Balaban J connectivity index is 1.56. The maximum Gasteiger partial charge on any atom is 0.254 e. The lowest BCUT2D eigenvalue weighted by Crippen LogP contribution is -2.34. The van der Waals surface area contributed by atoms with Gasteiger partial charge in [0.05, 0.1) is 23.5 Å². The first-order chi connectivity index (χ1) is 16.7. The fraction of sp³-hybridized carbons (Fsp3) is 0.320. The summed E-state index contributed by atoms with van der Waals surface area (Å²) in [7, 11) is 0. The molecule has 0 saturated heterocycles. The van der Waals surface area contributed by atoms with Crippen LogP contribution < -0.4 is 16.8 Å². The minimum absolute atomic E-state index is 0.0127. The second kappa shape index (κ2) is 10.7. The number of carbonyl (C=O) groups excluding carboxylic acids is 1. The molecule has 4 rings (SSSR count). The zero-order valence-corrected chi connectivity index (χ0v) is 20.4. The molecule has 1 aliphatic carbocycles. The predicted octanol–water partition coefficient (Wildman–Crippen LogP) is 5.19.